The van der Waals surface area contributed by atoms with Crippen LogP contribution in [0.4, 0.5) is 40.7 Å². The molecule has 21 heteroatoms. The summed E-state index contributed by atoms with van der Waals surface area (Å²) in [4.78, 5) is 68.3. The minimum atomic E-state index is -5.08. The number of nitrogens with zero attached hydrogens (tertiary/aromatic N) is 10. The number of carbonyl (C=O) groups is 2. The lowest BCUT2D eigenvalue weighted by Crippen LogP contribution is -2.40. The lowest BCUT2D eigenvalue weighted by atomic mass is 10.1. The molecule has 0 radical (unpaired) electrons. The number of carbonyl (C=O) groups excluding carboxylic acids is 1. The van der Waals surface area contributed by atoms with E-state index in [-0.39, 0.29) is 30.0 Å². The summed E-state index contributed by atoms with van der Waals surface area (Å²) < 4.78 is 43.7. The van der Waals surface area contributed by atoms with E-state index in [0.29, 0.717) is 35.8 Å². The van der Waals surface area contributed by atoms with Gasteiger partial charge in [0, 0.05) is 70.8 Å². The summed E-state index contributed by atoms with van der Waals surface area (Å²) in [6.07, 6.45) is -3.82. The predicted octanol–water partition coefficient (Wildman–Crippen LogP) is 6.56. The molecule has 358 valence electrons. The van der Waals surface area contributed by atoms with Crippen molar-refractivity contribution in [1.82, 2.24) is 33.6 Å². The van der Waals surface area contributed by atoms with Gasteiger partial charge >= 0.3 is 29.6 Å². The van der Waals surface area contributed by atoms with Crippen LogP contribution in [-0.4, -0.2) is 95.4 Å². The number of carboxylic acid groups (broad SMARTS) is 1. The average Bonchev–Trinajstić information content (AvgIpc) is 4.03. The highest BCUT2D eigenvalue weighted by Gasteiger charge is 2.38. The van der Waals surface area contributed by atoms with E-state index in [9.17, 15) is 27.6 Å². The number of para-hydroxylation sites is 2. The van der Waals surface area contributed by atoms with Crippen molar-refractivity contribution in [1.29, 1.82) is 0 Å². The van der Waals surface area contributed by atoms with E-state index in [0.717, 1.165) is 77.4 Å². The second-order valence-corrected chi connectivity index (χ2v) is 17.6. The molecular formula is C47H53F3N12O6. The Morgan fingerprint density at radius 1 is 0.794 bits per heavy atom. The van der Waals surface area contributed by atoms with E-state index in [1.54, 1.807) is 44.5 Å². The first-order chi connectivity index (χ1) is 32.0. The minimum absolute atomic E-state index is 0.0647. The van der Waals surface area contributed by atoms with Gasteiger partial charge in [-0.25, -0.2) is 38.8 Å². The molecule has 6 heterocycles. The van der Waals surface area contributed by atoms with Crippen molar-refractivity contribution < 1.29 is 32.6 Å². The maximum Gasteiger partial charge on any atom is 0.490 e. The number of aryl methyl sites for hydroxylation is 4. The Balaban J connectivity index is 0.000000200. The third kappa shape index (κ3) is 11.1. The Kier molecular flexibility index (Phi) is 14.7. The quantitative estimate of drug-likeness (QED) is 0.147. The third-order valence-corrected chi connectivity index (χ3v) is 11.3. The number of hydrogen-bond acceptors (Lipinski definition) is 10. The second kappa shape index (κ2) is 20.1. The van der Waals surface area contributed by atoms with Crippen LogP contribution >= 0.6 is 0 Å². The van der Waals surface area contributed by atoms with E-state index >= 15 is 0 Å². The summed E-state index contributed by atoms with van der Waals surface area (Å²) in [5.74, 6) is -2.76. The van der Waals surface area contributed by atoms with E-state index in [1.807, 2.05) is 83.1 Å². The molecule has 18 nitrogen and oxygen atoms in total. The maximum atomic E-state index is 13.2. The molecule has 0 unspecified atom stereocenters. The highest BCUT2D eigenvalue weighted by atomic mass is 19.4. The van der Waals surface area contributed by atoms with Crippen molar-refractivity contribution in [3.63, 3.8) is 0 Å². The number of nitrogens with two attached hydrogens (primary N) is 1. The number of pyridine rings is 2. The number of rotatable bonds is 7. The van der Waals surface area contributed by atoms with Gasteiger partial charge in [0.05, 0.1) is 30.6 Å². The SMILES string of the molecule is O=C(O)C(F)(F)F.[C-]#[N+]c1ccccc1Cn1c(=O)n(C)c2nc(C)cc(N3CC[C@@H](N)C3)c21.[C-]#[N+]c1ccccc1Cn1c(=O)n(C)c2nc(C)cc(N3CC[C@@H](NC(=O)OC(C)(C)C)C3)c21. The minimum Gasteiger partial charge on any atom is -0.475 e. The third-order valence-electron chi connectivity index (χ3n) is 11.3. The molecule has 2 aliphatic heterocycles. The molecule has 1 amide bonds. The van der Waals surface area contributed by atoms with Gasteiger partial charge in [-0.15, -0.1) is 0 Å². The summed E-state index contributed by atoms with van der Waals surface area (Å²) >= 11 is 0. The molecule has 0 spiro atoms. The molecule has 6 aromatic rings. The fourth-order valence-corrected chi connectivity index (χ4v) is 8.19. The maximum absolute atomic E-state index is 13.2. The number of aromatic nitrogens is 6. The number of alkyl halides is 3. The van der Waals surface area contributed by atoms with E-state index < -0.39 is 23.8 Å². The van der Waals surface area contributed by atoms with Crippen molar-refractivity contribution in [2.45, 2.75) is 84.4 Å². The molecule has 2 aromatic carbocycles. The Morgan fingerprint density at radius 2 is 1.22 bits per heavy atom. The number of anilines is 2. The normalized spacial score (nSPS) is 15.8. The van der Waals surface area contributed by atoms with Crippen LogP contribution in [0.25, 0.3) is 32.0 Å². The van der Waals surface area contributed by atoms with Gasteiger partial charge in [-0.2, -0.15) is 13.2 Å². The smallest absolute Gasteiger partial charge is 0.475 e. The number of imidazole rings is 2. The van der Waals surface area contributed by atoms with E-state index in [1.165, 1.54) is 0 Å². The lowest BCUT2D eigenvalue weighted by molar-refractivity contribution is -0.192. The standard InChI is InChI=1S/C25H30N6O3.C20H22N6O.C2HF3O2/c1-16-13-20(30-12-11-18(15-30)28-23(32)34-25(2,3)4)21-22(27-16)29(6)24(33)31(21)14-17-9-7-8-10-19(17)26-5;1-13-10-17(25-9-8-15(21)12-25)18-19(23-13)24(3)20(27)26(18)11-14-6-4-5-7-16(14)22-2;3-2(4,5)1(6)7/h7-10,13,18H,11-12,14-15H2,1-4,6H3,(H,28,32);4-7,10,15H,8-9,11-12,21H2,1,3H3;(H,6,7)/t18-;15-;/m11./s1. The summed E-state index contributed by atoms with van der Waals surface area (Å²) in [7, 11) is 3.46. The number of hydrogen-bond donors (Lipinski definition) is 3. The summed E-state index contributed by atoms with van der Waals surface area (Å²) in [5, 5.41) is 10.1. The van der Waals surface area contributed by atoms with Crippen LogP contribution < -0.4 is 32.2 Å². The number of aliphatic carboxylic acids is 1. The van der Waals surface area contributed by atoms with Gasteiger partial charge < -0.3 is 30.7 Å². The molecule has 0 aliphatic carbocycles. The van der Waals surface area contributed by atoms with E-state index in [2.05, 4.69) is 34.8 Å². The molecule has 2 fully saturated rings. The van der Waals surface area contributed by atoms with Crippen LogP contribution in [0.15, 0.2) is 70.3 Å². The molecule has 4 aromatic heterocycles. The van der Waals surface area contributed by atoms with Crippen molar-refractivity contribution >= 4 is 57.1 Å². The Hall–Kier alpha value is -7.65. The number of carboxylic acids is 1. The van der Waals surface area contributed by atoms with E-state index in [4.69, 9.17) is 33.5 Å². The van der Waals surface area contributed by atoms with Crippen LogP contribution in [0.3, 0.4) is 0 Å². The monoisotopic (exact) mass is 938 g/mol. The number of benzene rings is 2. The topological polar surface area (TPSA) is 196 Å². The first kappa shape index (κ1) is 49.8. The lowest BCUT2D eigenvalue weighted by Gasteiger charge is -2.23. The van der Waals surface area contributed by atoms with Crippen molar-refractivity contribution in [3.05, 3.63) is 127 Å². The van der Waals surface area contributed by atoms with Gasteiger partial charge in [0.1, 0.15) is 16.6 Å². The molecule has 2 atom stereocenters. The molecule has 2 aliphatic rings. The van der Waals surface area contributed by atoms with Gasteiger partial charge in [-0.05, 0) is 70.7 Å². The summed E-state index contributed by atoms with van der Waals surface area (Å²) in [6.45, 7) is 27.8. The Bertz CT molecular complexity index is 3080. The number of alkyl carbamates (subject to hydrolysis) is 1. The van der Waals surface area contributed by atoms with Gasteiger partial charge in [-0.1, -0.05) is 48.5 Å². The number of amides is 1. The summed E-state index contributed by atoms with van der Waals surface area (Å²) in [5.41, 5.74) is 14.3. The zero-order chi connectivity index (χ0) is 49.8. The Morgan fingerprint density at radius 3 is 1.62 bits per heavy atom. The fraction of sp³-hybridized carbons (Fsp3) is 0.404. The molecule has 0 bridgehead atoms. The van der Waals surface area contributed by atoms with Crippen molar-refractivity contribution in [2.75, 3.05) is 36.0 Å². The van der Waals surface area contributed by atoms with Crippen LogP contribution in [0.5, 0.6) is 0 Å². The van der Waals surface area contributed by atoms with Crippen LogP contribution in [0.2, 0.25) is 0 Å². The highest BCUT2D eigenvalue weighted by molar-refractivity contribution is 5.89. The van der Waals surface area contributed by atoms with Gasteiger partial charge in [0.25, 0.3) is 0 Å². The summed E-state index contributed by atoms with van der Waals surface area (Å²) in [6, 6.07) is 18.8. The largest absolute Gasteiger partial charge is 0.490 e. The first-order valence-corrected chi connectivity index (χ1v) is 21.6. The zero-order valence-electron chi connectivity index (χ0n) is 38.8. The van der Waals surface area contributed by atoms with Gasteiger partial charge in [-0.3, -0.25) is 18.3 Å². The second-order valence-electron chi connectivity index (χ2n) is 17.6. The van der Waals surface area contributed by atoms with Gasteiger partial charge in [0.15, 0.2) is 22.7 Å². The van der Waals surface area contributed by atoms with Gasteiger partial charge in [0.2, 0.25) is 0 Å². The number of nitrogens with one attached hydrogen (secondary N) is 1. The fourth-order valence-electron chi connectivity index (χ4n) is 8.19. The molecule has 8 rings (SSSR count). The number of fused-ring (bicyclic) bond motifs is 2. The molecule has 4 N–H and O–H groups in total. The molecule has 0 saturated carbocycles. The van der Waals surface area contributed by atoms with Crippen LogP contribution in [0, 0.1) is 27.0 Å². The number of ether oxygens (including phenoxy) is 1. The molecular weight excluding hydrogens is 886 g/mol. The van der Waals surface area contributed by atoms with Crippen molar-refractivity contribution in [2.24, 2.45) is 19.8 Å². The number of halogens is 3. The average molecular weight is 939 g/mol. The molecule has 2 saturated heterocycles. The van der Waals surface area contributed by atoms with Crippen LogP contribution in [0.1, 0.15) is 56.1 Å². The highest BCUT2D eigenvalue weighted by Crippen LogP contribution is 2.32. The Labute approximate surface area is 389 Å². The zero-order valence-corrected chi connectivity index (χ0v) is 38.8. The van der Waals surface area contributed by atoms with Crippen molar-refractivity contribution in [3.8, 4) is 0 Å². The predicted molar refractivity (Wildman–Crippen MR) is 252 cm³/mol. The molecule has 68 heavy (non-hydrogen) atoms. The first-order valence-electron chi connectivity index (χ1n) is 21.6. The van der Waals surface area contributed by atoms with Crippen LogP contribution in [-0.2, 0) is 36.7 Å².